The molecule has 0 atom stereocenters. The van der Waals surface area contributed by atoms with Crippen molar-refractivity contribution in [2.75, 3.05) is 27.2 Å². The number of halogens is 4. The highest BCUT2D eigenvalue weighted by Crippen LogP contribution is 2.29. The van der Waals surface area contributed by atoms with E-state index in [2.05, 4.69) is 0 Å². The molecule has 1 aliphatic rings. The van der Waals surface area contributed by atoms with Crippen molar-refractivity contribution in [2.24, 2.45) is 0 Å². The maximum atomic E-state index is 12.4. The number of hydrogen-bond donors (Lipinski definition) is 0. The number of carbonyl (C=O) groups excluding carboxylic acids is 1. The minimum Gasteiger partial charge on any atom is -0.324 e. The first-order valence-electron chi connectivity index (χ1n) is 4.01. The van der Waals surface area contributed by atoms with E-state index in [1.54, 1.807) is 0 Å². The molecule has 0 aromatic heterocycles. The molecule has 0 radical (unpaired) electrons. The van der Waals surface area contributed by atoms with E-state index < -0.39 is 35.5 Å². The van der Waals surface area contributed by atoms with E-state index in [0.717, 1.165) is 9.80 Å². The Balaban J connectivity index is 2.97. The fourth-order valence-electron chi connectivity index (χ4n) is 1.51. The van der Waals surface area contributed by atoms with Crippen LogP contribution in [0.5, 0.6) is 0 Å². The van der Waals surface area contributed by atoms with Gasteiger partial charge in [-0.05, 0) is 0 Å². The molecule has 0 aromatic carbocycles. The van der Waals surface area contributed by atoms with Crippen molar-refractivity contribution < 1.29 is 22.7 Å². The molecule has 5 nitrogen and oxygen atoms in total. The molecule has 15 heavy (non-hydrogen) atoms. The topological polar surface area (TPSA) is 30.0 Å². The second kappa shape index (κ2) is 3.81. The molecular formula is C6H10F4N4O. The van der Waals surface area contributed by atoms with E-state index in [9.17, 15) is 22.7 Å². The molecule has 0 aliphatic carbocycles. The normalized spacial score (nSPS) is 21.7. The van der Waals surface area contributed by atoms with E-state index in [1.807, 2.05) is 0 Å². The summed E-state index contributed by atoms with van der Waals surface area (Å²) in [6.07, 6.45) is 0. The van der Waals surface area contributed by atoms with E-state index in [0.29, 0.717) is 0 Å². The van der Waals surface area contributed by atoms with Crippen molar-refractivity contribution in [3.63, 3.8) is 0 Å². The summed E-state index contributed by atoms with van der Waals surface area (Å²) in [6.45, 7) is -1.54. The maximum absolute atomic E-state index is 12.4. The molecular weight excluding hydrogens is 220 g/mol. The van der Waals surface area contributed by atoms with E-state index in [-0.39, 0.29) is 0 Å². The van der Waals surface area contributed by atoms with Crippen LogP contribution >= 0.6 is 0 Å². The fourth-order valence-corrected chi connectivity index (χ4v) is 1.51. The van der Waals surface area contributed by atoms with Crippen molar-refractivity contribution in [1.29, 1.82) is 0 Å². The number of rotatable bonds is 2. The van der Waals surface area contributed by atoms with Crippen LogP contribution in [-0.4, -0.2) is 59.4 Å². The molecule has 0 spiro atoms. The molecule has 1 heterocycles. The van der Waals surface area contributed by atoms with Gasteiger partial charge in [0, 0.05) is 14.1 Å². The van der Waals surface area contributed by atoms with Crippen LogP contribution in [0.3, 0.4) is 0 Å². The van der Waals surface area contributed by atoms with E-state index in [4.69, 9.17) is 0 Å². The summed E-state index contributed by atoms with van der Waals surface area (Å²) in [6, 6.07) is -0.575. The highest BCUT2D eigenvalue weighted by Gasteiger charge is 2.53. The largest absolute Gasteiger partial charge is 0.324 e. The summed E-state index contributed by atoms with van der Waals surface area (Å²) in [4.78, 5) is 12.8. The van der Waals surface area contributed by atoms with Gasteiger partial charge < -0.3 is 9.80 Å². The number of amides is 2. The Morgan fingerprint density at radius 3 is 1.67 bits per heavy atom. The van der Waals surface area contributed by atoms with Gasteiger partial charge in [-0.2, -0.15) is 0 Å². The molecule has 1 saturated heterocycles. The Kier molecular flexibility index (Phi) is 3.05. The molecule has 0 bridgehead atoms. The monoisotopic (exact) mass is 230 g/mol. The van der Waals surface area contributed by atoms with Crippen LogP contribution in [0.2, 0.25) is 0 Å². The van der Waals surface area contributed by atoms with Crippen LogP contribution in [0.25, 0.3) is 0 Å². The quantitative estimate of drug-likeness (QED) is 0.399. The van der Waals surface area contributed by atoms with Gasteiger partial charge in [-0.15, -0.1) is 0 Å². The van der Waals surface area contributed by atoms with Gasteiger partial charge in [-0.25, -0.2) is 4.79 Å². The van der Waals surface area contributed by atoms with Gasteiger partial charge in [-0.3, -0.25) is 0 Å². The van der Waals surface area contributed by atoms with Crippen molar-refractivity contribution in [2.45, 2.75) is 5.66 Å². The molecule has 88 valence electrons. The lowest BCUT2D eigenvalue weighted by molar-refractivity contribution is -0.377. The molecule has 1 fully saturated rings. The maximum Gasteiger partial charge on any atom is 0.319 e. The highest BCUT2D eigenvalue weighted by molar-refractivity contribution is 5.75. The molecule has 9 heteroatoms. The number of carbonyl (C=O) groups is 1. The molecule has 0 unspecified atom stereocenters. The van der Waals surface area contributed by atoms with Crippen LogP contribution in [-0.2, 0) is 0 Å². The lowest BCUT2D eigenvalue weighted by atomic mass is 10.1. The lowest BCUT2D eigenvalue weighted by Crippen LogP contribution is -2.68. The Labute approximate surface area is 83.2 Å². The van der Waals surface area contributed by atoms with E-state index in [1.165, 1.54) is 14.1 Å². The van der Waals surface area contributed by atoms with Crippen LogP contribution in [0, 0.1) is 0 Å². The van der Waals surface area contributed by atoms with Crippen LogP contribution in [0.4, 0.5) is 22.7 Å². The van der Waals surface area contributed by atoms with Crippen molar-refractivity contribution in [3.05, 3.63) is 0 Å². The third-order valence-corrected chi connectivity index (χ3v) is 2.26. The van der Waals surface area contributed by atoms with Gasteiger partial charge >= 0.3 is 6.03 Å². The van der Waals surface area contributed by atoms with Gasteiger partial charge in [0.2, 0.25) is 5.66 Å². The zero-order valence-corrected chi connectivity index (χ0v) is 8.12. The predicted molar refractivity (Wildman–Crippen MR) is 41.5 cm³/mol. The molecule has 0 aromatic rings. The summed E-state index contributed by atoms with van der Waals surface area (Å²) in [5, 5.41) is -3.15. The molecule has 2 amide bonds. The average Bonchev–Trinajstić information content (AvgIpc) is 2.12. The van der Waals surface area contributed by atoms with Gasteiger partial charge in [0.05, 0.1) is 23.8 Å². The number of hydrogen-bond acceptors (Lipinski definition) is 3. The first-order chi connectivity index (χ1) is 6.81. The van der Waals surface area contributed by atoms with Gasteiger partial charge in [0.25, 0.3) is 0 Å². The Hall–Kier alpha value is -1.09. The Morgan fingerprint density at radius 1 is 1.07 bits per heavy atom. The summed E-state index contributed by atoms with van der Waals surface area (Å²) in [7, 11) is 2.36. The second-order valence-electron chi connectivity index (χ2n) is 3.44. The Bertz CT molecular complexity index is 238. The highest BCUT2D eigenvalue weighted by atomic mass is 19.4. The average molecular weight is 230 g/mol. The smallest absolute Gasteiger partial charge is 0.319 e. The SMILES string of the molecule is CN1CC(N(F)F)(N(F)F)CN(C)C1=O. The minimum absolute atomic E-state index is 0.575. The molecule has 0 N–H and O–H groups in total. The number of nitrogens with zero attached hydrogens (tertiary/aromatic N) is 4. The van der Waals surface area contributed by atoms with Crippen LogP contribution in [0.1, 0.15) is 0 Å². The third kappa shape index (κ3) is 1.84. The lowest BCUT2D eigenvalue weighted by Gasteiger charge is -2.43. The standard InChI is InChI=1S/C6H10F4N4O/c1-11-3-6(13(7)8,14(9)10)4-12(2)5(11)15/h3-4H2,1-2H3. The molecule has 1 rings (SSSR count). The molecule has 1 aliphatic heterocycles. The summed E-state index contributed by atoms with van der Waals surface area (Å²) < 4.78 is 49.8. The minimum atomic E-state index is -2.77. The van der Waals surface area contributed by atoms with Crippen LogP contribution in [0.15, 0.2) is 0 Å². The first-order valence-corrected chi connectivity index (χ1v) is 4.01. The number of likely N-dealkylation sites (N-methyl/N-ethyl adjacent to an activating group) is 2. The first kappa shape index (κ1) is 12.0. The third-order valence-electron chi connectivity index (χ3n) is 2.26. The van der Waals surface area contributed by atoms with Crippen molar-refractivity contribution in [1.82, 2.24) is 20.5 Å². The zero-order valence-electron chi connectivity index (χ0n) is 8.12. The Morgan fingerprint density at radius 2 is 1.40 bits per heavy atom. The van der Waals surface area contributed by atoms with Gasteiger partial charge in [0.1, 0.15) is 0 Å². The molecule has 0 saturated carbocycles. The summed E-state index contributed by atoms with van der Waals surface area (Å²) >= 11 is 0. The van der Waals surface area contributed by atoms with Gasteiger partial charge in [0.15, 0.2) is 0 Å². The zero-order chi connectivity index (χ0) is 11.8. The fraction of sp³-hybridized carbons (Fsp3) is 0.833. The summed E-state index contributed by atoms with van der Waals surface area (Å²) in [5.41, 5.74) is -2.77. The van der Waals surface area contributed by atoms with Crippen LogP contribution < -0.4 is 0 Å². The number of urea groups is 1. The second-order valence-corrected chi connectivity index (χ2v) is 3.44. The van der Waals surface area contributed by atoms with Crippen molar-refractivity contribution in [3.8, 4) is 0 Å². The van der Waals surface area contributed by atoms with E-state index >= 15 is 0 Å². The predicted octanol–water partition coefficient (Wildman–Crippen LogP) is 0.822. The van der Waals surface area contributed by atoms with Gasteiger partial charge in [-0.1, -0.05) is 17.9 Å². The summed E-state index contributed by atoms with van der Waals surface area (Å²) in [5.74, 6) is 0. The van der Waals surface area contributed by atoms with Crippen molar-refractivity contribution >= 4 is 6.03 Å².